The maximum Gasteiger partial charge on any atom is 0.328 e. The predicted molar refractivity (Wildman–Crippen MR) is 158 cm³/mol. The fourth-order valence-corrected chi connectivity index (χ4v) is 8.21. The first-order valence-electron chi connectivity index (χ1n) is 14.1. The van der Waals surface area contributed by atoms with Crippen molar-refractivity contribution in [2.24, 2.45) is 0 Å². The molecule has 3 aliphatic heterocycles. The van der Waals surface area contributed by atoms with E-state index in [9.17, 15) is 28.9 Å². The number of aliphatic hydroxyl groups is 2. The number of nitrogens with zero attached hydrogens (tertiary/aromatic N) is 6. The zero-order chi connectivity index (χ0) is 33.4. The Kier molecular flexibility index (Phi) is 7.87. The first-order valence-corrected chi connectivity index (χ1v) is 18.1. The summed E-state index contributed by atoms with van der Waals surface area (Å²) in [7, 11) is -7.97. The van der Waals surface area contributed by atoms with Crippen LogP contribution < -0.4 is 22.6 Å². The molecule has 7 rings (SSSR count). The highest BCUT2D eigenvalue weighted by Gasteiger charge is 2.52. The van der Waals surface area contributed by atoms with Crippen LogP contribution in [-0.4, -0.2) is 112 Å². The molecule has 4 unspecified atom stereocenters. The zero-order valence-corrected chi connectivity index (χ0v) is 26.4. The Morgan fingerprint density at radius 1 is 0.809 bits per heavy atom. The lowest BCUT2D eigenvalue weighted by Gasteiger charge is -2.25. The molecule has 3 fully saturated rings. The van der Waals surface area contributed by atoms with E-state index in [1.807, 2.05) is 0 Å². The lowest BCUT2D eigenvalue weighted by molar-refractivity contribution is -0.0504. The molecular formula is C23H30N10O12P2. The molecule has 254 valence electrons. The molecule has 10 atom stereocenters. The fraction of sp³-hybridized carbons (Fsp3) is 0.565. The van der Waals surface area contributed by atoms with Gasteiger partial charge in [0.1, 0.15) is 30.5 Å². The van der Waals surface area contributed by atoms with Crippen LogP contribution in [0, 0.1) is 0 Å². The van der Waals surface area contributed by atoms with E-state index >= 15 is 0 Å². The number of hydrogen-bond donors (Lipinski definition) is 6. The highest BCUT2D eigenvalue weighted by Crippen LogP contribution is 2.53. The first-order chi connectivity index (χ1) is 22.2. The molecule has 3 saturated heterocycles. The summed E-state index contributed by atoms with van der Waals surface area (Å²) in [6.45, 7) is 1.60. The van der Waals surface area contributed by atoms with Crippen molar-refractivity contribution >= 4 is 49.4 Å². The molecule has 0 saturated carbocycles. The number of rotatable bonds is 2. The molecule has 0 aromatic carbocycles. The van der Waals surface area contributed by atoms with Gasteiger partial charge in [0.2, 0.25) is 11.9 Å². The second-order valence-corrected chi connectivity index (χ2v) is 15.3. The van der Waals surface area contributed by atoms with E-state index in [-0.39, 0.29) is 47.3 Å². The van der Waals surface area contributed by atoms with Crippen LogP contribution in [0.15, 0.2) is 22.2 Å². The molecule has 47 heavy (non-hydrogen) atoms. The SMILES string of the molecule is CP1(=O)OC[C@H]2O[C@@H](n3cnc4c(=O)[nH]c(N)nc43)[C@@H](O)C2OP(C)(=O)OCC[C@H]2O[C@@H](n3cnc4c(=O)[nH]c(N)nc43)[C@@H](O)C2O1. The van der Waals surface area contributed by atoms with Gasteiger partial charge in [0.15, 0.2) is 34.8 Å². The number of fused-ring (bicyclic) bond motifs is 4. The molecule has 0 bridgehead atoms. The number of aliphatic hydroxyl groups excluding tert-OH is 2. The summed E-state index contributed by atoms with van der Waals surface area (Å²) < 4.78 is 64.7. The highest BCUT2D eigenvalue weighted by molar-refractivity contribution is 7.53. The minimum atomic E-state index is -4.04. The number of anilines is 2. The Morgan fingerprint density at radius 2 is 1.28 bits per heavy atom. The molecule has 0 amide bonds. The molecule has 0 aliphatic carbocycles. The summed E-state index contributed by atoms with van der Waals surface area (Å²) >= 11 is 0. The van der Waals surface area contributed by atoms with Gasteiger partial charge in [-0.15, -0.1) is 0 Å². The lowest BCUT2D eigenvalue weighted by Crippen LogP contribution is -2.36. The van der Waals surface area contributed by atoms with E-state index in [1.165, 1.54) is 35.1 Å². The summed E-state index contributed by atoms with van der Waals surface area (Å²) in [6.07, 6.45) is -7.97. The number of ether oxygens (including phenoxy) is 2. The molecule has 8 N–H and O–H groups in total. The third-order valence-corrected chi connectivity index (χ3v) is 10.4. The summed E-state index contributed by atoms with van der Waals surface area (Å²) in [4.78, 5) is 45.5. The lowest BCUT2D eigenvalue weighted by atomic mass is 10.1. The van der Waals surface area contributed by atoms with Gasteiger partial charge in [-0.3, -0.25) is 46.9 Å². The monoisotopic (exact) mass is 700 g/mol. The van der Waals surface area contributed by atoms with E-state index in [1.54, 1.807) is 0 Å². The predicted octanol–water partition coefficient (Wildman–Crippen LogP) is -1.21. The van der Waals surface area contributed by atoms with Crippen molar-refractivity contribution in [1.29, 1.82) is 0 Å². The van der Waals surface area contributed by atoms with Gasteiger partial charge in [-0.25, -0.2) is 9.97 Å². The van der Waals surface area contributed by atoms with E-state index in [0.29, 0.717) is 0 Å². The van der Waals surface area contributed by atoms with E-state index < -0.39 is 82.0 Å². The number of imidazole rings is 2. The normalized spacial score (nSPS) is 36.9. The summed E-state index contributed by atoms with van der Waals surface area (Å²) in [5, 5.41) is 22.7. The van der Waals surface area contributed by atoms with Crippen molar-refractivity contribution in [3.63, 3.8) is 0 Å². The van der Waals surface area contributed by atoms with Gasteiger partial charge < -0.3 is 40.2 Å². The standard InChI is InChI=1S/C23H30N10O12P2/c1-46(38)40-4-3-8-14(12(34)20(42-8)32-6-26-10-16(32)28-22(24)30-18(10)36)44-47(2,39)41-5-9-15(45-46)13(35)21(43-9)33-7-27-11-17(33)29-23(25)31-19(11)37/h6-9,12-15,20-21,34-35H,3-5H2,1-2H3,(H3,24,28,30,36)(H3,25,29,31,37)/t8-,9-,12+,13+,14?,15?,20-,21-,46?,47?/m1/s1. The second-order valence-electron chi connectivity index (χ2n) is 11.3. The average molecular weight is 700 g/mol. The van der Waals surface area contributed by atoms with Gasteiger partial charge >= 0.3 is 15.2 Å². The van der Waals surface area contributed by atoms with E-state index in [4.69, 9.17) is 39.0 Å². The van der Waals surface area contributed by atoms with Gasteiger partial charge in [0.25, 0.3) is 11.1 Å². The van der Waals surface area contributed by atoms with Crippen LogP contribution in [0.3, 0.4) is 0 Å². The second kappa shape index (κ2) is 11.5. The quantitative estimate of drug-likeness (QED) is 0.134. The molecule has 4 aromatic rings. The molecule has 24 heteroatoms. The third kappa shape index (κ3) is 5.79. The van der Waals surface area contributed by atoms with E-state index in [0.717, 1.165) is 0 Å². The summed E-state index contributed by atoms with van der Waals surface area (Å²) in [5.41, 5.74) is 10.1. The number of nitrogens with two attached hydrogens (primary N) is 2. The average Bonchev–Trinajstić information content (AvgIpc) is 3.73. The zero-order valence-electron chi connectivity index (χ0n) is 24.6. The van der Waals surface area contributed by atoms with Crippen molar-refractivity contribution in [2.45, 2.75) is 55.5 Å². The summed E-state index contributed by atoms with van der Waals surface area (Å²) in [5.74, 6) is -0.396. The largest absolute Gasteiger partial charge is 0.386 e. The van der Waals surface area contributed by atoms with Crippen LogP contribution in [0.25, 0.3) is 22.3 Å². The van der Waals surface area contributed by atoms with Crippen molar-refractivity contribution < 1.29 is 46.9 Å². The van der Waals surface area contributed by atoms with Crippen LogP contribution in [0.5, 0.6) is 0 Å². The topological polar surface area (TPSA) is 309 Å². The molecule has 3 aliphatic rings. The minimum Gasteiger partial charge on any atom is -0.386 e. The Morgan fingerprint density at radius 3 is 1.81 bits per heavy atom. The van der Waals surface area contributed by atoms with Gasteiger partial charge in [0.05, 0.1) is 32.0 Å². The van der Waals surface area contributed by atoms with Crippen LogP contribution in [-0.2, 0) is 36.7 Å². The van der Waals surface area contributed by atoms with Gasteiger partial charge in [0, 0.05) is 19.8 Å². The fourth-order valence-electron chi connectivity index (χ4n) is 5.83. The van der Waals surface area contributed by atoms with Crippen molar-refractivity contribution in [3.05, 3.63) is 33.4 Å². The minimum absolute atomic E-state index is 0.00516. The molecule has 4 aromatic heterocycles. The van der Waals surface area contributed by atoms with E-state index in [2.05, 4.69) is 29.9 Å². The summed E-state index contributed by atoms with van der Waals surface area (Å²) in [6, 6.07) is 0. The Balaban J connectivity index is 1.17. The molecule has 22 nitrogen and oxygen atoms in total. The Labute approximate surface area is 262 Å². The number of aromatic amines is 2. The third-order valence-electron chi connectivity index (χ3n) is 7.90. The number of H-pyrrole nitrogens is 2. The Bertz CT molecular complexity index is 2070. The number of aromatic nitrogens is 8. The number of nitrogens with one attached hydrogen (secondary N) is 2. The van der Waals surface area contributed by atoms with Crippen LogP contribution in [0.2, 0.25) is 0 Å². The Hall–Kier alpha value is -3.56. The molecular weight excluding hydrogens is 670 g/mol. The number of nitrogen functional groups attached to an aromatic ring is 2. The molecule has 0 spiro atoms. The maximum absolute atomic E-state index is 13.7. The van der Waals surface area contributed by atoms with Crippen molar-refractivity contribution in [3.8, 4) is 0 Å². The smallest absolute Gasteiger partial charge is 0.328 e. The maximum atomic E-state index is 13.7. The van der Waals surface area contributed by atoms with Crippen LogP contribution in [0.4, 0.5) is 11.9 Å². The van der Waals surface area contributed by atoms with Gasteiger partial charge in [-0.1, -0.05) is 0 Å². The van der Waals surface area contributed by atoms with Crippen molar-refractivity contribution in [2.75, 3.05) is 38.0 Å². The van der Waals surface area contributed by atoms with Crippen LogP contribution in [0.1, 0.15) is 18.9 Å². The molecule has 7 heterocycles. The van der Waals surface area contributed by atoms with Gasteiger partial charge in [-0.2, -0.15) is 9.97 Å². The van der Waals surface area contributed by atoms with Gasteiger partial charge in [-0.05, 0) is 0 Å². The first kappa shape index (κ1) is 32.0. The number of hydrogen-bond acceptors (Lipinski definition) is 18. The highest BCUT2D eigenvalue weighted by atomic mass is 31.2. The van der Waals surface area contributed by atoms with Crippen LogP contribution >= 0.6 is 15.2 Å². The van der Waals surface area contributed by atoms with Crippen molar-refractivity contribution in [1.82, 2.24) is 39.0 Å². The molecule has 0 radical (unpaired) electrons.